The molecule has 5 aromatic rings. The number of fused-ring (bicyclic) bond motifs is 1. The lowest BCUT2D eigenvalue weighted by Gasteiger charge is -2.16. The highest BCUT2D eigenvalue weighted by Gasteiger charge is 2.56. The minimum absolute atomic E-state index is 0. The minimum atomic E-state index is -1.14. The third-order valence-electron chi connectivity index (χ3n) is 6.88. The van der Waals surface area contributed by atoms with Crippen LogP contribution in [0, 0.1) is 11.2 Å². The molecule has 1 saturated carbocycles. The molecule has 10 heteroatoms. The second kappa shape index (κ2) is 11.2. The first-order valence-electron chi connectivity index (χ1n) is 12.7. The van der Waals surface area contributed by atoms with Gasteiger partial charge in [-0.3, -0.25) is 14.6 Å². The van der Waals surface area contributed by atoms with Crippen molar-refractivity contribution in [1.82, 2.24) is 9.97 Å². The van der Waals surface area contributed by atoms with Gasteiger partial charge in [0.2, 0.25) is 11.8 Å². The number of hydrogen-bond donors (Lipinski definition) is 3. The maximum Gasteiger partial charge on any atom is 0.240 e. The van der Waals surface area contributed by atoms with Crippen LogP contribution in [0.5, 0.6) is 11.5 Å². The molecule has 1 aliphatic rings. The third kappa shape index (κ3) is 5.80. The molecule has 0 saturated heterocycles. The van der Waals surface area contributed by atoms with Crippen LogP contribution in [0.1, 0.15) is 12.8 Å². The zero-order valence-corrected chi connectivity index (χ0v) is 22.5. The molecule has 0 spiro atoms. The van der Waals surface area contributed by atoms with Gasteiger partial charge in [-0.15, -0.1) is 12.4 Å². The predicted octanol–water partition coefficient (Wildman–Crippen LogP) is 6.59. The highest BCUT2D eigenvalue weighted by atomic mass is 35.5. The van der Waals surface area contributed by atoms with Gasteiger partial charge in [-0.2, -0.15) is 0 Å². The molecule has 206 valence electrons. The quantitative estimate of drug-likeness (QED) is 0.190. The van der Waals surface area contributed by atoms with E-state index in [9.17, 15) is 14.0 Å². The van der Waals surface area contributed by atoms with Gasteiger partial charge < -0.3 is 21.1 Å². The van der Waals surface area contributed by atoms with E-state index in [2.05, 4.69) is 20.6 Å². The van der Waals surface area contributed by atoms with Crippen molar-refractivity contribution in [3.63, 3.8) is 0 Å². The molecule has 2 aromatic heterocycles. The lowest BCUT2D eigenvalue weighted by molar-refractivity contribution is -0.131. The van der Waals surface area contributed by atoms with Crippen molar-refractivity contribution in [3.05, 3.63) is 103 Å². The van der Waals surface area contributed by atoms with Gasteiger partial charge in [0.15, 0.2) is 0 Å². The monoisotopic (exact) mass is 569 g/mol. The fourth-order valence-corrected chi connectivity index (χ4v) is 4.47. The predicted molar refractivity (Wildman–Crippen MR) is 158 cm³/mol. The molecule has 2 amide bonds. The Hall–Kier alpha value is -5.02. The van der Waals surface area contributed by atoms with E-state index in [1.807, 2.05) is 30.3 Å². The Balaban J connectivity index is 0.00000337. The number of nitrogens with two attached hydrogens (primary N) is 1. The van der Waals surface area contributed by atoms with Gasteiger partial charge >= 0.3 is 0 Å². The number of halogens is 2. The number of amides is 2. The first-order valence-corrected chi connectivity index (χ1v) is 12.7. The molecule has 0 atom stereocenters. The Kier molecular flexibility index (Phi) is 7.54. The molecule has 4 N–H and O–H groups in total. The van der Waals surface area contributed by atoms with Gasteiger partial charge in [0.25, 0.3) is 0 Å². The number of anilines is 3. The normalized spacial score (nSPS) is 13.1. The summed E-state index contributed by atoms with van der Waals surface area (Å²) in [4.78, 5) is 34.3. The fourth-order valence-electron chi connectivity index (χ4n) is 4.47. The van der Waals surface area contributed by atoms with E-state index < -0.39 is 17.1 Å². The summed E-state index contributed by atoms with van der Waals surface area (Å²) in [5, 5.41) is 6.37. The number of benzene rings is 3. The van der Waals surface area contributed by atoms with Crippen LogP contribution >= 0.6 is 12.4 Å². The largest absolute Gasteiger partial charge is 0.457 e. The molecule has 6 rings (SSSR count). The molecular formula is C31H25ClFN5O3. The summed E-state index contributed by atoms with van der Waals surface area (Å²) in [5.74, 6) is 0.471. The van der Waals surface area contributed by atoms with Crippen LogP contribution < -0.4 is 21.1 Å². The van der Waals surface area contributed by atoms with Crippen molar-refractivity contribution in [2.75, 3.05) is 16.4 Å². The van der Waals surface area contributed by atoms with Gasteiger partial charge in [-0.05, 0) is 103 Å². The number of aromatic nitrogens is 2. The second-order valence-electron chi connectivity index (χ2n) is 9.63. The standard InChI is InChI=1S/C31H24FN5O3.ClH/c32-21-2-4-22(5-3-21)36-29(38)31(13-14-31)30(39)37-23-6-8-24(9-7-23)40-27-12-16-34-26-17-19(1-10-25(26)27)20-11-15-35-28(33)18-20;/h1-12,15-18H,13-14H2,(H2,33,35)(H,36,38)(H,37,39);1H. The van der Waals surface area contributed by atoms with Crippen molar-refractivity contribution in [3.8, 4) is 22.6 Å². The lowest BCUT2D eigenvalue weighted by atomic mass is 10.0. The summed E-state index contributed by atoms with van der Waals surface area (Å²) >= 11 is 0. The number of hydrogen-bond acceptors (Lipinski definition) is 6. The third-order valence-corrected chi connectivity index (χ3v) is 6.88. The van der Waals surface area contributed by atoms with E-state index >= 15 is 0 Å². The average molecular weight is 570 g/mol. The first-order chi connectivity index (χ1) is 19.4. The highest BCUT2D eigenvalue weighted by molar-refractivity contribution is 6.16. The molecule has 0 bridgehead atoms. The van der Waals surface area contributed by atoms with Crippen LogP contribution in [0.15, 0.2) is 97.3 Å². The van der Waals surface area contributed by atoms with Crippen LogP contribution in [0.4, 0.5) is 21.6 Å². The summed E-state index contributed by atoms with van der Waals surface area (Å²) in [5.41, 5.74) is 8.34. The number of pyridine rings is 2. The molecule has 1 aliphatic carbocycles. The van der Waals surface area contributed by atoms with Crippen LogP contribution in [0.2, 0.25) is 0 Å². The Labute approximate surface area is 241 Å². The minimum Gasteiger partial charge on any atom is -0.457 e. The maximum absolute atomic E-state index is 13.2. The molecule has 0 radical (unpaired) electrons. The summed E-state index contributed by atoms with van der Waals surface area (Å²) < 4.78 is 19.3. The number of rotatable bonds is 7. The van der Waals surface area contributed by atoms with Gasteiger partial charge in [0, 0.05) is 29.2 Å². The van der Waals surface area contributed by atoms with Crippen molar-refractivity contribution in [2.45, 2.75) is 12.8 Å². The molecule has 2 heterocycles. The molecule has 8 nitrogen and oxygen atoms in total. The first kappa shape index (κ1) is 27.5. The summed E-state index contributed by atoms with van der Waals surface area (Å²) in [6.45, 7) is 0. The van der Waals surface area contributed by atoms with Crippen molar-refractivity contribution >= 4 is 52.3 Å². The number of carbonyl (C=O) groups excluding carboxylic acids is 2. The van der Waals surface area contributed by atoms with Gasteiger partial charge in [-0.1, -0.05) is 6.07 Å². The molecule has 41 heavy (non-hydrogen) atoms. The van der Waals surface area contributed by atoms with E-state index in [-0.39, 0.29) is 18.3 Å². The molecule has 3 aromatic carbocycles. The van der Waals surface area contributed by atoms with Crippen LogP contribution in [-0.2, 0) is 9.59 Å². The zero-order chi connectivity index (χ0) is 27.7. The number of nitrogens with zero attached hydrogens (tertiary/aromatic N) is 2. The molecule has 0 unspecified atom stereocenters. The average Bonchev–Trinajstić information content (AvgIpc) is 3.78. The van der Waals surface area contributed by atoms with Crippen LogP contribution in [0.3, 0.4) is 0 Å². The van der Waals surface area contributed by atoms with Gasteiger partial charge in [0.1, 0.15) is 28.5 Å². The lowest BCUT2D eigenvalue weighted by Crippen LogP contribution is -2.35. The van der Waals surface area contributed by atoms with Crippen molar-refractivity contribution < 1.29 is 18.7 Å². The molecule has 1 fully saturated rings. The number of nitrogens with one attached hydrogen (secondary N) is 2. The van der Waals surface area contributed by atoms with E-state index in [1.165, 1.54) is 24.3 Å². The number of nitrogen functional groups attached to an aromatic ring is 1. The fraction of sp³-hybridized carbons (Fsp3) is 0.0968. The van der Waals surface area contributed by atoms with Crippen molar-refractivity contribution in [2.24, 2.45) is 5.41 Å². The van der Waals surface area contributed by atoms with Gasteiger partial charge in [-0.25, -0.2) is 9.37 Å². The Morgan fingerprint density at radius 2 is 1.39 bits per heavy atom. The summed E-state index contributed by atoms with van der Waals surface area (Å²) in [7, 11) is 0. The molecule has 0 aliphatic heterocycles. The van der Waals surface area contributed by atoms with E-state index in [0.29, 0.717) is 41.5 Å². The highest BCUT2D eigenvalue weighted by Crippen LogP contribution is 2.47. The van der Waals surface area contributed by atoms with Crippen LogP contribution in [-0.4, -0.2) is 21.8 Å². The van der Waals surface area contributed by atoms with Gasteiger partial charge in [0.05, 0.1) is 5.52 Å². The Morgan fingerprint density at radius 3 is 2.02 bits per heavy atom. The Bertz CT molecular complexity index is 1740. The summed E-state index contributed by atoms with van der Waals surface area (Å²) in [6.07, 6.45) is 4.24. The molecular weight excluding hydrogens is 545 g/mol. The van der Waals surface area contributed by atoms with Crippen molar-refractivity contribution in [1.29, 1.82) is 0 Å². The Morgan fingerprint density at radius 1 is 0.780 bits per heavy atom. The van der Waals surface area contributed by atoms with E-state index in [0.717, 1.165) is 22.0 Å². The number of ether oxygens (including phenoxy) is 1. The maximum atomic E-state index is 13.2. The van der Waals surface area contributed by atoms with E-state index in [4.69, 9.17) is 10.5 Å². The zero-order valence-electron chi connectivity index (χ0n) is 21.6. The SMILES string of the molecule is Cl.Nc1cc(-c2ccc3c(Oc4ccc(NC(=O)C5(C(=O)Nc6ccc(F)cc6)CC5)cc4)ccnc3c2)ccn1. The second-order valence-corrected chi connectivity index (χ2v) is 9.63. The van der Waals surface area contributed by atoms with Crippen LogP contribution in [0.25, 0.3) is 22.0 Å². The van der Waals surface area contributed by atoms with E-state index in [1.54, 1.807) is 42.7 Å². The number of carbonyl (C=O) groups is 2. The summed E-state index contributed by atoms with van der Waals surface area (Å²) in [6, 6.07) is 23.7. The topological polar surface area (TPSA) is 119 Å². The smallest absolute Gasteiger partial charge is 0.240 e.